The Hall–Kier alpha value is -0.630. The van der Waals surface area contributed by atoms with Gasteiger partial charge < -0.3 is 4.74 Å². The van der Waals surface area contributed by atoms with Crippen molar-refractivity contribution in [3.8, 4) is 0 Å². The zero-order valence-electron chi connectivity index (χ0n) is 15.6. The molecule has 2 nitrogen and oxygen atoms in total. The Kier molecular flexibility index (Phi) is 3.09. The Morgan fingerprint density at radius 3 is 2.84 bits per heavy atom. The van der Waals surface area contributed by atoms with Gasteiger partial charge in [-0.2, -0.15) is 0 Å². The van der Waals surface area contributed by atoms with Crippen molar-refractivity contribution in [3.05, 3.63) is 11.6 Å². The van der Waals surface area contributed by atoms with Crippen molar-refractivity contribution in [3.63, 3.8) is 0 Å². The van der Waals surface area contributed by atoms with Crippen molar-refractivity contribution in [1.82, 2.24) is 0 Å². The molecule has 1 heterocycles. The Morgan fingerprint density at radius 2 is 2.04 bits per heavy atom. The molecule has 5 fully saturated rings. The maximum Gasteiger partial charge on any atom is 0.155 e. The molecule has 0 N–H and O–H groups in total. The molecular weight excluding hydrogens is 308 g/mol. The summed E-state index contributed by atoms with van der Waals surface area (Å²) in [6.07, 6.45) is 14.8. The van der Waals surface area contributed by atoms with Gasteiger partial charge in [0.1, 0.15) is 0 Å². The smallest absolute Gasteiger partial charge is 0.155 e. The lowest BCUT2D eigenvalue weighted by molar-refractivity contribution is -0.158. The second kappa shape index (κ2) is 5.00. The minimum absolute atomic E-state index is 0.265. The second-order valence-corrected chi connectivity index (χ2v) is 10.1. The summed E-state index contributed by atoms with van der Waals surface area (Å²) in [6, 6.07) is 0. The van der Waals surface area contributed by atoms with Gasteiger partial charge in [0.25, 0.3) is 0 Å². The van der Waals surface area contributed by atoms with Gasteiger partial charge in [-0.25, -0.2) is 0 Å². The van der Waals surface area contributed by atoms with Crippen LogP contribution in [-0.4, -0.2) is 18.0 Å². The lowest BCUT2D eigenvalue weighted by atomic mass is 9.47. The van der Waals surface area contributed by atoms with E-state index in [4.69, 9.17) is 4.74 Å². The Bertz CT molecular complexity index is 642. The third-order valence-corrected chi connectivity index (χ3v) is 9.81. The molecule has 0 aromatic carbocycles. The van der Waals surface area contributed by atoms with E-state index in [-0.39, 0.29) is 5.60 Å². The summed E-state index contributed by atoms with van der Waals surface area (Å²) in [5.41, 5.74) is 2.28. The quantitative estimate of drug-likeness (QED) is 0.677. The number of hydrogen-bond donors (Lipinski definition) is 0. The van der Waals surface area contributed by atoms with Gasteiger partial charge in [-0.15, -0.1) is 0 Å². The lowest BCUT2D eigenvalue weighted by Gasteiger charge is -2.58. The van der Waals surface area contributed by atoms with Gasteiger partial charge >= 0.3 is 0 Å². The Morgan fingerprint density at radius 1 is 1.12 bits per heavy atom. The molecule has 6 rings (SSSR count). The zero-order valence-corrected chi connectivity index (χ0v) is 15.6. The van der Waals surface area contributed by atoms with E-state index in [1.165, 1.54) is 56.9 Å². The monoisotopic (exact) mass is 340 g/mol. The molecule has 1 spiro atoms. The highest BCUT2D eigenvalue weighted by Gasteiger charge is 2.77. The maximum absolute atomic E-state index is 11.9. The van der Waals surface area contributed by atoms with Crippen molar-refractivity contribution >= 4 is 5.78 Å². The molecule has 5 aliphatic carbocycles. The van der Waals surface area contributed by atoms with E-state index in [1.54, 1.807) is 0 Å². The van der Waals surface area contributed by atoms with Gasteiger partial charge in [-0.1, -0.05) is 12.5 Å². The largest absolute Gasteiger partial charge is 0.374 e. The van der Waals surface area contributed by atoms with E-state index in [2.05, 4.69) is 6.92 Å². The summed E-state index contributed by atoms with van der Waals surface area (Å²) in [4.78, 5) is 11.9. The fourth-order valence-electron chi connectivity index (χ4n) is 9.12. The summed E-state index contributed by atoms with van der Waals surface area (Å²) >= 11 is 0. The molecule has 2 heteroatoms. The molecule has 136 valence electrons. The van der Waals surface area contributed by atoms with Crippen LogP contribution < -0.4 is 0 Å². The molecule has 0 aromatic heterocycles. The average molecular weight is 341 g/mol. The Balaban J connectivity index is 1.39. The van der Waals surface area contributed by atoms with Crippen LogP contribution in [0.25, 0.3) is 0 Å². The van der Waals surface area contributed by atoms with Gasteiger partial charge in [-0.05, 0) is 99.4 Å². The number of allylic oxidation sites excluding steroid dienone is 1. The molecule has 0 bridgehead atoms. The molecule has 8 atom stereocenters. The first-order valence-corrected chi connectivity index (χ1v) is 11.1. The van der Waals surface area contributed by atoms with Crippen LogP contribution in [0.2, 0.25) is 0 Å². The normalized spacial score (nSPS) is 56.0. The third kappa shape index (κ3) is 1.74. The van der Waals surface area contributed by atoms with Gasteiger partial charge in [0.15, 0.2) is 5.78 Å². The van der Waals surface area contributed by atoms with Gasteiger partial charge in [0, 0.05) is 18.4 Å². The molecule has 25 heavy (non-hydrogen) atoms. The van der Waals surface area contributed by atoms with Crippen LogP contribution in [0.15, 0.2) is 11.6 Å². The lowest BCUT2D eigenvalue weighted by Crippen LogP contribution is -2.56. The first-order chi connectivity index (χ1) is 12.2. The standard InChI is InChI=1S/C23H32O2/c1-2-22-10-8-17-16-7-5-15(24)12-14(16)4-6-18(17)21(22)19-13-20(19)23(22)9-3-11-25-23/h12,16-21H,2-11,13H2,1H3/t16-,17+,18+,19+,20-,21+,22-,23-/m0/s1. The number of carbonyl (C=O) groups is 1. The highest BCUT2D eigenvalue weighted by molar-refractivity contribution is 5.91. The maximum atomic E-state index is 11.9. The number of ketones is 1. The fourth-order valence-corrected chi connectivity index (χ4v) is 9.12. The van der Waals surface area contributed by atoms with Crippen molar-refractivity contribution in [1.29, 1.82) is 0 Å². The van der Waals surface area contributed by atoms with Crippen molar-refractivity contribution < 1.29 is 9.53 Å². The van der Waals surface area contributed by atoms with Gasteiger partial charge in [0.05, 0.1) is 5.60 Å². The summed E-state index contributed by atoms with van der Waals surface area (Å²) in [5, 5.41) is 0. The van der Waals surface area contributed by atoms with Gasteiger partial charge in [0.2, 0.25) is 0 Å². The van der Waals surface area contributed by atoms with E-state index in [0.717, 1.165) is 55.0 Å². The molecule has 6 aliphatic rings. The highest BCUT2D eigenvalue weighted by atomic mass is 16.5. The molecule has 4 saturated carbocycles. The second-order valence-electron chi connectivity index (χ2n) is 10.1. The summed E-state index contributed by atoms with van der Waals surface area (Å²) in [6.45, 7) is 3.48. The van der Waals surface area contributed by atoms with Crippen LogP contribution >= 0.6 is 0 Å². The first-order valence-electron chi connectivity index (χ1n) is 11.1. The Labute approximate surface area is 151 Å². The van der Waals surface area contributed by atoms with Crippen LogP contribution in [0.3, 0.4) is 0 Å². The number of hydrogen-bond acceptors (Lipinski definition) is 2. The molecule has 1 saturated heterocycles. The van der Waals surface area contributed by atoms with E-state index < -0.39 is 0 Å². The van der Waals surface area contributed by atoms with Crippen LogP contribution in [0.5, 0.6) is 0 Å². The number of carbonyl (C=O) groups excluding carboxylic acids is 1. The predicted molar refractivity (Wildman–Crippen MR) is 97.0 cm³/mol. The molecule has 0 radical (unpaired) electrons. The zero-order chi connectivity index (χ0) is 16.8. The molecule has 0 unspecified atom stereocenters. The number of fused-ring (bicyclic) bond motifs is 9. The van der Waals surface area contributed by atoms with E-state index in [9.17, 15) is 4.79 Å². The molecular formula is C23H32O2. The average Bonchev–Trinajstić information content (AvgIpc) is 3.20. The van der Waals surface area contributed by atoms with E-state index in [1.807, 2.05) is 6.08 Å². The van der Waals surface area contributed by atoms with Gasteiger partial charge in [-0.3, -0.25) is 4.79 Å². The number of rotatable bonds is 1. The summed E-state index contributed by atoms with van der Waals surface area (Å²) < 4.78 is 6.66. The topological polar surface area (TPSA) is 26.3 Å². The van der Waals surface area contributed by atoms with E-state index >= 15 is 0 Å². The fraction of sp³-hybridized carbons (Fsp3) is 0.870. The van der Waals surface area contributed by atoms with Crippen molar-refractivity contribution in [2.24, 2.45) is 40.9 Å². The predicted octanol–water partition coefficient (Wildman–Crippen LogP) is 4.92. The van der Waals surface area contributed by atoms with E-state index in [0.29, 0.717) is 11.2 Å². The van der Waals surface area contributed by atoms with Crippen molar-refractivity contribution in [2.45, 2.75) is 76.7 Å². The highest BCUT2D eigenvalue weighted by Crippen LogP contribution is 2.79. The summed E-state index contributed by atoms with van der Waals surface area (Å²) in [7, 11) is 0. The van der Waals surface area contributed by atoms with Crippen LogP contribution in [0, 0.1) is 40.9 Å². The molecule has 1 aliphatic heterocycles. The minimum atomic E-state index is 0.265. The van der Waals surface area contributed by atoms with Crippen molar-refractivity contribution in [2.75, 3.05) is 6.61 Å². The first kappa shape index (κ1) is 15.4. The summed E-state index contributed by atoms with van der Waals surface area (Å²) in [5.74, 6) is 5.72. The molecule has 0 amide bonds. The minimum Gasteiger partial charge on any atom is -0.374 e. The van der Waals surface area contributed by atoms with Crippen LogP contribution in [0.4, 0.5) is 0 Å². The van der Waals surface area contributed by atoms with Crippen LogP contribution in [0.1, 0.15) is 71.1 Å². The number of ether oxygens (including phenoxy) is 1. The SMILES string of the molecule is CC[C@]12CC[C@H]3[C@@H](CCC4=CC(=O)CC[C@@H]43)[C@@H]1[C@@H]1C[C@@H]1[C@@]21CCCO1. The molecule has 0 aromatic rings. The third-order valence-electron chi connectivity index (χ3n) is 9.81. The van der Waals surface area contributed by atoms with Crippen LogP contribution in [-0.2, 0) is 9.53 Å².